The second-order valence-corrected chi connectivity index (χ2v) is 4.65. The van der Waals surface area contributed by atoms with Crippen molar-refractivity contribution >= 4 is 27.5 Å². The van der Waals surface area contributed by atoms with E-state index in [9.17, 15) is 4.39 Å². The second kappa shape index (κ2) is 4.17. The monoisotopic (exact) mass is 277 g/mol. The summed E-state index contributed by atoms with van der Waals surface area (Å²) in [5.41, 5.74) is 0.664. The summed E-state index contributed by atoms with van der Waals surface area (Å²) in [4.78, 5) is 2.19. The Morgan fingerprint density at radius 3 is 2.71 bits per heavy atom. The summed E-state index contributed by atoms with van der Waals surface area (Å²) in [7, 11) is 0. The third kappa shape index (κ3) is 1.95. The Morgan fingerprint density at radius 2 is 2.14 bits per heavy atom. The molecule has 1 fully saturated rings. The number of halogens is 3. The number of rotatable bonds is 2. The van der Waals surface area contributed by atoms with Crippen LogP contribution in [0.5, 0.6) is 0 Å². The number of nitrogens with zero attached hydrogens (tertiary/aromatic N) is 1. The first kappa shape index (κ1) is 10.4. The van der Waals surface area contributed by atoms with Gasteiger partial charge in [0, 0.05) is 16.6 Å². The number of hydrogen-bond acceptors (Lipinski definition) is 1. The molecule has 0 aromatic heterocycles. The molecule has 1 aromatic rings. The molecule has 0 unspecified atom stereocenters. The van der Waals surface area contributed by atoms with E-state index in [0.717, 1.165) is 13.1 Å². The summed E-state index contributed by atoms with van der Waals surface area (Å²) in [5, 5.41) is 0.571. The van der Waals surface area contributed by atoms with E-state index in [1.54, 1.807) is 6.07 Å². The van der Waals surface area contributed by atoms with Crippen LogP contribution >= 0.6 is 27.5 Å². The molecule has 1 aliphatic heterocycles. The minimum absolute atomic E-state index is 0.187. The van der Waals surface area contributed by atoms with Gasteiger partial charge in [0.25, 0.3) is 0 Å². The zero-order chi connectivity index (χ0) is 10.1. The topological polar surface area (TPSA) is 3.24 Å². The zero-order valence-corrected chi connectivity index (χ0v) is 9.91. The van der Waals surface area contributed by atoms with Gasteiger partial charge >= 0.3 is 0 Å². The molecule has 0 saturated carbocycles. The molecule has 0 amide bonds. The van der Waals surface area contributed by atoms with E-state index in [4.69, 9.17) is 11.6 Å². The highest BCUT2D eigenvalue weighted by Crippen LogP contribution is 2.30. The highest BCUT2D eigenvalue weighted by Gasteiger charge is 2.18. The molecule has 0 atom stereocenters. The van der Waals surface area contributed by atoms with Crippen LogP contribution in [0.25, 0.3) is 0 Å². The van der Waals surface area contributed by atoms with Crippen molar-refractivity contribution < 1.29 is 4.39 Å². The second-order valence-electron chi connectivity index (χ2n) is 3.45. The molecular weight excluding hydrogens is 268 g/mol. The lowest BCUT2D eigenvalue weighted by molar-refractivity contribution is 0.170. The molecule has 1 aliphatic rings. The molecule has 14 heavy (non-hydrogen) atoms. The Hall–Kier alpha value is -0.120. The maximum Gasteiger partial charge on any atom is 0.128 e. The Kier molecular flexibility index (Phi) is 3.10. The SMILES string of the molecule is Fc1ccc(Cl)c(Br)c1CN1CCC1. The van der Waals surface area contributed by atoms with E-state index in [0.29, 0.717) is 21.6 Å². The van der Waals surface area contributed by atoms with Gasteiger partial charge in [-0.1, -0.05) is 11.6 Å². The predicted molar refractivity (Wildman–Crippen MR) is 59.0 cm³/mol. The molecule has 0 N–H and O–H groups in total. The van der Waals surface area contributed by atoms with Crippen LogP contribution in [-0.4, -0.2) is 18.0 Å². The summed E-state index contributed by atoms with van der Waals surface area (Å²) in [5.74, 6) is -0.187. The van der Waals surface area contributed by atoms with Crippen LogP contribution in [0.15, 0.2) is 16.6 Å². The van der Waals surface area contributed by atoms with Crippen molar-refractivity contribution in [1.29, 1.82) is 0 Å². The minimum atomic E-state index is -0.187. The summed E-state index contributed by atoms with van der Waals surface area (Å²) in [6.45, 7) is 2.75. The maximum absolute atomic E-state index is 13.4. The molecule has 1 aromatic carbocycles. The fourth-order valence-electron chi connectivity index (χ4n) is 1.48. The van der Waals surface area contributed by atoms with E-state index in [2.05, 4.69) is 20.8 Å². The molecule has 0 aliphatic carbocycles. The number of hydrogen-bond donors (Lipinski definition) is 0. The van der Waals surface area contributed by atoms with Crippen LogP contribution in [0, 0.1) is 5.82 Å². The normalized spacial score (nSPS) is 16.8. The van der Waals surface area contributed by atoms with E-state index in [-0.39, 0.29) is 5.82 Å². The van der Waals surface area contributed by atoms with Crippen molar-refractivity contribution in [2.75, 3.05) is 13.1 Å². The average Bonchev–Trinajstić information content (AvgIpc) is 2.09. The van der Waals surface area contributed by atoms with E-state index >= 15 is 0 Å². The molecule has 0 bridgehead atoms. The maximum atomic E-state index is 13.4. The first-order valence-electron chi connectivity index (χ1n) is 4.53. The van der Waals surface area contributed by atoms with Gasteiger partial charge in [-0.25, -0.2) is 4.39 Å². The van der Waals surface area contributed by atoms with Gasteiger partial charge in [0.15, 0.2) is 0 Å². The molecular formula is C10H10BrClFN. The van der Waals surface area contributed by atoms with Crippen molar-refractivity contribution in [3.63, 3.8) is 0 Å². The van der Waals surface area contributed by atoms with Crippen LogP contribution in [-0.2, 0) is 6.54 Å². The number of benzene rings is 1. The van der Waals surface area contributed by atoms with Gasteiger partial charge in [-0.15, -0.1) is 0 Å². The van der Waals surface area contributed by atoms with Crippen LogP contribution < -0.4 is 0 Å². The Bertz CT molecular complexity index is 352. The van der Waals surface area contributed by atoms with Crippen LogP contribution in [0.1, 0.15) is 12.0 Å². The lowest BCUT2D eigenvalue weighted by atomic mass is 10.1. The predicted octanol–water partition coefficient (Wildman–Crippen LogP) is 3.45. The Labute approximate surface area is 96.0 Å². The van der Waals surface area contributed by atoms with Crippen molar-refractivity contribution in [2.24, 2.45) is 0 Å². The van der Waals surface area contributed by atoms with E-state index < -0.39 is 0 Å². The summed E-state index contributed by atoms with van der Waals surface area (Å²) >= 11 is 9.21. The van der Waals surface area contributed by atoms with Crippen LogP contribution in [0.3, 0.4) is 0 Å². The van der Waals surface area contributed by atoms with Crippen molar-refractivity contribution in [3.05, 3.63) is 33.0 Å². The van der Waals surface area contributed by atoms with Crippen LogP contribution in [0.4, 0.5) is 4.39 Å². The highest BCUT2D eigenvalue weighted by atomic mass is 79.9. The third-order valence-corrected chi connectivity index (χ3v) is 3.92. The molecule has 76 valence electrons. The highest BCUT2D eigenvalue weighted by molar-refractivity contribution is 9.10. The van der Waals surface area contributed by atoms with Gasteiger partial charge in [-0.3, -0.25) is 4.90 Å². The van der Waals surface area contributed by atoms with E-state index in [1.165, 1.54) is 12.5 Å². The van der Waals surface area contributed by atoms with Crippen molar-refractivity contribution in [2.45, 2.75) is 13.0 Å². The lowest BCUT2D eigenvalue weighted by Crippen LogP contribution is -2.36. The van der Waals surface area contributed by atoms with Gasteiger partial charge in [0.2, 0.25) is 0 Å². The third-order valence-electron chi connectivity index (χ3n) is 2.47. The fraction of sp³-hybridized carbons (Fsp3) is 0.400. The molecule has 4 heteroatoms. The lowest BCUT2D eigenvalue weighted by Gasteiger charge is -2.31. The Morgan fingerprint density at radius 1 is 1.43 bits per heavy atom. The first-order chi connectivity index (χ1) is 6.68. The van der Waals surface area contributed by atoms with Gasteiger partial charge in [0.05, 0.1) is 5.02 Å². The average molecular weight is 279 g/mol. The van der Waals surface area contributed by atoms with Gasteiger partial charge in [-0.05, 0) is 47.6 Å². The summed E-state index contributed by atoms with van der Waals surface area (Å²) < 4.78 is 14.1. The minimum Gasteiger partial charge on any atom is -0.299 e. The molecule has 1 nitrogen and oxygen atoms in total. The molecule has 0 spiro atoms. The first-order valence-corrected chi connectivity index (χ1v) is 5.70. The Balaban J connectivity index is 2.25. The van der Waals surface area contributed by atoms with Crippen LogP contribution in [0.2, 0.25) is 5.02 Å². The summed E-state index contributed by atoms with van der Waals surface area (Å²) in [6, 6.07) is 2.99. The van der Waals surface area contributed by atoms with Crippen molar-refractivity contribution in [3.8, 4) is 0 Å². The standard InChI is InChI=1S/C10H10BrClFN/c11-10-7(6-14-4-1-5-14)9(13)3-2-8(10)12/h2-3H,1,4-6H2. The summed E-state index contributed by atoms with van der Waals surface area (Å²) in [6.07, 6.45) is 1.21. The molecule has 2 rings (SSSR count). The fourth-order valence-corrected chi connectivity index (χ4v) is 2.10. The van der Waals surface area contributed by atoms with Gasteiger partial charge in [-0.2, -0.15) is 0 Å². The van der Waals surface area contributed by atoms with Crippen molar-refractivity contribution in [1.82, 2.24) is 4.90 Å². The molecule has 0 radical (unpaired) electrons. The van der Waals surface area contributed by atoms with Gasteiger partial charge in [0.1, 0.15) is 5.82 Å². The van der Waals surface area contributed by atoms with Gasteiger partial charge < -0.3 is 0 Å². The smallest absolute Gasteiger partial charge is 0.128 e. The quantitative estimate of drug-likeness (QED) is 0.749. The largest absolute Gasteiger partial charge is 0.299 e. The molecule has 1 heterocycles. The number of likely N-dealkylation sites (tertiary alicyclic amines) is 1. The molecule has 1 saturated heterocycles. The van der Waals surface area contributed by atoms with E-state index in [1.807, 2.05) is 0 Å². The zero-order valence-electron chi connectivity index (χ0n) is 7.56.